The Bertz CT molecular complexity index is 1020. The summed E-state index contributed by atoms with van der Waals surface area (Å²) < 4.78 is 33.6. The molecule has 0 spiro atoms. The van der Waals surface area contributed by atoms with Gasteiger partial charge >= 0.3 is 0 Å². The quantitative estimate of drug-likeness (QED) is 0.220. The highest BCUT2D eigenvalue weighted by Gasteiger charge is 2.40. The minimum atomic E-state index is -3.59. The zero-order chi connectivity index (χ0) is 24.8. The third kappa shape index (κ3) is 7.00. The normalized spacial score (nSPS) is 19.4. The van der Waals surface area contributed by atoms with E-state index in [9.17, 15) is 13.2 Å². The molecular weight excluding hydrogens is 432 g/mol. The van der Waals surface area contributed by atoms with Gasteiger partial charge in [0.1, 0.15) is 6.29 Å². The molecule has 1 aromatic rings. The van der Waals surface area contributed by atoms with Gasteiger partial charge in [0.25, 0.3) is 0 Å². The van der Waals surface area contributed by atoms with Crippen LogP contribution in [-0.4, -0.2) is 33.2 Å². The lowest BCUT2D eigenvalue weighted by Gasteiger charge is -2.39. The molecule has 182 valence electrons. The molecule has 0 radical (unpaired) electrons. The molecule has 0 heterocycles. The number of allylic oxidation sites excluding steroid dienone is 3. The number of benzene rings is 1. The van der Waals surface area contributed by atoms with Crippen LogP contribution in [0.3, 0.4) is 0 Å². The third-order valence-corrected chi connectivity index (χ3v) is 8.83. The Labute approximate surface area is 200 Å². The topological polar surface area (TPSA) is 60.4 Å². The van der Waals surface area contributed by atoms with Gasteiger partial charge in [-0.25, -0.2) is 8.42 Å². The first kappa shape index (κ1) is 27.3. The Morgan fingerprint density at radius 2 is 1.73 bits per heavy atom. The van der Waals surface area contributed by atoms with Gasteiger partial charge in [0, 0.05) is 7.11 Å². The molecule has 0 amide bonds. The van der Waals surface area contributed by atoms with Crippen molar-refractivity contribution < 1.29 is 17.9 Å². The van der Waals surface area contributed by atoms with Crippen molar-refractivity contribution in [3.63, 3.8) is 0 Å². The SMILES string of the molecule is COC(/C=C(\C)CC(C1=C(C)CCCC1(C)C)S(=O)(=O)c1ccc(C)cc1)C/C(C)=C/C=O. The Morgan fingerprint density at radius 3 is 2.27 bits per heavy atom. The molecule has 0 saturated carbocycles. The van der Waals surface area contributed by atoms with Crippen LogP contribution in [0.2, 0.25) is 0 Å². The average molecular weight is 473 g/mol. The number of aryl methyl sites for hydroxylation is 1. The van der Waals surface area contributed by atoms with Gasteiger partial charge in [-0.1, -0.05) is 54.3 Å². The van der Waals surface area contributed by atoms with Gasteiger partial charge in [0.05, 0.1) is 16.2 Å². The fraction of sp³-hybridized carbons (Fsp3) is 0.536. The van der Waals surface area contributed by atoms with Gasteiger partial charge in [-0.3, -0.25) is 4.79 Å². The number of carbonyl (C=O) groups is 1. The van der Waals surface area contributed by atoms with E-state index in [0.717, 1.165) is 47.8 Å². The number of rotatable bonds is 10. The molecule has 0 fully saturated rings. The third-order valence-electron chi connectivity index (χ3n) is 6.74. The first-order valence-corrected chi connectivity index (χ1v) is 13.3. The fourth-order valence-corrected chi connectivity index (χ4v) is 7.16. The van der Waals surface area contributed by atoms with Crippen LogP contribution < -0.4 is 0 Å². The first-order chi connectivity index (χ1) is 15.4. The fourth-order valence-electron chi connectivity index (χ4n) is 5.00. The number of hydrogen-bond acceptors (Lipinski definition) is 4. The van der Waals surface area contributed by atoms with Crippen LogP contribution in [-0.2, 0) is 19.4 Å². The summed E-state index contributed by atoms with van der Waals surface area (Å²) in [6.07, 6.45) is 8.14. The summed E-state index contributed by atoms with van der Waals surface area (Å²) in [7, 11) is -1.95. The van der Waals surface area contributed by atoms with Gasteiger partial charge in [0.2, 0.25) is 0 Å². The predicted octanol–water partition coefficient (Wildman–Crippen LogP) is 6.55. The van der Waals surface area contributed by atoms with Gasteiger partial charge in [-0.05, 0) is 89.0 Å². The number of hydrogen-bond donors (Lipinski definition) is 0. The van der Waals surface area contributed by atoms with Crippen LogP contribution in [0.4, 0.5) is 0 Å². The van der Waals surface area contributed by atoms with Gasteiger partial charge < -0.3 is 4.74 Å². The van der Waals surface area contributed by atoms with Crippen LogP contribution in [0, 0.1) is 12.3 Å². The van der Waals surface area contributed by atoms with E-state index in [2.05, 4.69) is 20.8 Å². The molecule has 1 aromatic carbocycles. The second-order valence-corrected chi connectivity index (χ2v) is 12.3. The van der Waals surface area contributed by atoms with E-state index >= 15 is 0 Å². The summed E-state index contributed by atoms with van der Waals surface area (Å²) in [4.78, 5) is 11.2. The summed E-state index contributed by atoms with van der Waals surface area (Å²) in [6, 6.07) is 7.19. The molecular formula is C28H40O4S. The number of methoxy groups -OCH3 is 1. The van der Waals surface area contributed by atoms with Crippen molar-refractivity contribution in [2.45, 2.75) is 89.9 Å². The second-order valence-electron chi connectivity index (χ2n) is 10.1. The number of carbonyl (C=O) groups excluding carboxylic acids is 1. The molecule has 33 heavy (non-hydrogen) atoms. The van der Waals surface area contributed by atoms with Crippen molar-refractivity contribution in [3.8, 4) is 0 Å². The molecule has 0 aromatic heterocycles. The molecule has 2 rings (SSSR count). The van der Waals surface area contributed by atoms with E-state index in [1.807, 2.05) is 39.0 Å². The van der Waals surface area contributed by atoms with Crippen LogP contribution >= 0.6 is 0 Å². The van der Waals surface area contributed by atoms with Crippen molar-refractivity contribution in [2.24, 2.45) is 5.41 Å². The zero-order valence-corrected chi connectivity index (χ0v) is 22.1. The van der Waals surface area contributed by atoms with E-state index in [4.69, 9.17) is 4.74 Å². The van der Waals surface area contributed by atoms with E-state index < -0.39 is 15.1 Å². The molecule has 4 nitrogen and oxygen atoms in total. The van der Waals surface area contributed by atoms with Crippen LogP contribution in [0.15, 0.2) is 63.6 Å². The van der Waals surface area contributed by atoms with Crippen molar-refractivity contribution >= 4 is 16.1 Å². The molecule has 0 N–H and O–H groups in total. The van der Waals surface area contributed by atoms with Crippen LogP contribution in [0.25, 0.3) is 0 Å². The monoisotopic (exact) mass is 472 g/mol. The standard InChI is InChI=1S/C28H40O4S/c1-20-10-12-25(13-11-20)33(30,31)26(27-23(4)9-8-15-28(27,5)6)19-22(3)18-24(32-7)17-21(2)14-16-29/h10-14,16,18,24,26H,8-9,15,17,19H2,1-7H3/b21-14+,22-18+. The molecule has 2 unspecified atom stereocenters. The summed E-state index contributed by atoms with van der Waals surface area (Å²) >= 11 is 0. The van der Waals surface area contributed by atoms with Crippen molar-refractivity contribution in [2.75, 3.05) is 7.11 Å². The lowest BCUT2D eigenvalue weighted by molar-refractivity contribution is -0.104. The Balaban J connectivity index is 2.52. The van der Waals surface area contributed by atoms with E-state index in [0.29, 0.717) is 17.7 Å². The first-order valence-electron chi connectivity index (χ1n) is 11.7. The summed E-state index contributed by atoms with van der Waals surface area (Å²) in [6.45, 7) is 12.3. The number of aldehydes is 1. The summed E-state index contributed by atoms with van der Waals surface area (Å²) in [5.41, 5.74) is 5.03. The van der Waals surface area contributed by atoms with Gasteiger partial charge in [0.15, 0.2) is 9.84 Å². The second kappa shape index (κ2) is 11.4. The lowest BCUT2D eigenvalue weighted by atomic mass is 9.70. The lowest BCUT2D eigenvalue weighted by Crippen LogP contribution is -2.35. The highest BCUT2D eigenvalue weighted by molar-refractivity contribution is 7.92. The van der Waals surface area contributed by atoms with Crippen molar-refractivity contribution in [1.29, 1.82) is 0 Å². The molecule has 1 aliphatic rings. The maximum absolute atomic E-state index is 14.0. The minimum Gasteiger partial charge on any atom is -0.377 e. The van der Waals surface area contributed by atoms with E-state index in [1.54, 1.807) is 25.3 Å². The predicted molar refractivity (Wildman–Crippen MR) is 136 cm³/mol. The van der Waals surface area contributed by atoms with E-state index in [-0.39, 0.29) is 11.5 Å². The molecule has 0 aliphatic heterocycles. The molecule has 0 saturated heterocycles. The van der Waals surface area contributed by atoms with Crippen LogP contribution in [0.5, 0.6) is 0 Å². The molecule has 5 heteroatoms. The summed E-state index contributed by atoms with van der Waals surface area (Å²) in [5, 5.41) is -0.615. The van der Waals surface area contributed by atoms with Gasteiger partial charge in [-0.15, -0.1) is 0 Å². The highest BCUT2D eigenvalue weighted by atomic mass is 32.2. The summed E-state index contributed by atoms with van der Waals surface area (Å²) in [5.74, 6) is 0. The maximum Gasteiger partial charge on any atom is 0.185 e. The van der Waals surface area contributed by atoms with Crippen LogP contribution in [0.1, 0.15) is 72.3 Å². The largest absolute Gasteiger partial charge is 0.377 e. The Kier molecular flexibility index (Phi) is 9.45. The van der Waals surface area contributed by atoms with E-state index in [1.165, 1.54) is 5.57 Å². The smallest absolute Gasteiger partial charge is 0.185 e. The maximum atomic E-state index is 14.0. The minimum absolute atomic E-state index is 0.172. The number of sulfone groups is 1. The zero-order valence-electron chi connectivity index (χ0n) is 21.3. The Morgan fingerprint density at radius 1 is 1.09 bits per heavy atom. The van der Waals surface area contributed by atoms with Crippen molar-refractivity contribution in [3.05, 3.63) is 64.3 Å². The number of ether oxygens (including phenoxy) is 1. The van der Waals surface area contributed by atoms with Gasteiger partial charge in [-0.2, -0.15) is 0 Å². The highest BCUT2D eigenvalue weighted by Crippen LogP contribution is 2.46. The Hall–Kier alpha value is -1.98. The van der Waals surface area contributed by atoms with Crippen molar-refractivity contribution in [1.82, 2.24) is 0 Å². The molecule has 0 bridgehead atoms. The molecule has 1 aliphatic carbocycles. The molecule has 2 atom stereocenters. The average Bonchev–Trinajstić information content (AvgIpc) is 2.72.